The molecule has 3 nitrogen and oxygen atoms in total. The van der Waals surface area contributed by atoms with Crippen molar-refractivity contribution in [3.05, 3.63) is 75.8 Å². The predicted molar refractivity (Wildman–Crippen MR) is 95.9 cm³/mol. The quantitative estimate of drug-likeness (QED) is 0.742. The van der Waals surface area contributed by atoms with Gasteiger partial charge in [0.15, 0.2) is 0 Å². The van der Waals surface area contributed by atoms with Gasteiger partial charge in [-0.2, -0.15) is 0 Å². The molecule has 4 rings (SSSR count). The molecule has 0 amide bonds. The van der Waals surface area contributed by atoms with Gasteiger partial charge >= 0.3 is 5.97 Å². The second-order valence-electron chi connectivity index (χ2n) is 6.50. The molecule has 3 atom stereocenters. The fourth-order valence-corrected chi connectivity index (χ4v) is 4.33. The number of aromatic carboxylic acids is 1. The Morgan fingerprint density at radius 2 is 2.00 bits per heavy atom. The number of carboxylic acids is 1. The van der Waals surface area contributed by atoms with E-state index in [0.717, 1.165) is 28.3 Å². The predicted octanol–water partition coefficient (Wildman–Crippen LogP) is 5.17. The molecule has 0 fully saturated rings. The topological polar surface area (TPSA) is 49.3 Å². The van der Waals surface area contributed by atoms with Crippen molar-refractivity contribution in [2.45, 2.75) is 25.3 Å². The molecular formula is C20H18ClNO2. The van der Waals surface area contributed by atoms with Crippen molar-refractivity contribution in [3.8, 4) is 0 Å². The van der Waals surface area contributed by atoms with Crippen molar-refractivity contribution < 1.29 is 9.90 Å². The second-order valence-corrected chi connectivity index (χ2v) is 6.91. The van der Waals surface area contributed by atoms with Crippen LogP contribution in [0.2, 0.25) is 5.02 Å². The van der Waals surface area contributed by atoms with E-state index in [2.05, 4.69) is 23.5 Å². The highest BCUT2D eigenvalue weighted by Crippen LogP contribution is 2.51. The Balaban J connectivity index is 1.87. The highest BCUT2D eigenvalue weighted by atomic mass is 35.5. The Kier molecular flexibility index (Phi) is 3.61. The molecule has 1 aliphatic heterocycles. The standard InChI is InChI=1S/C20H18ClNO2/c1-11-12(20(23)24)9-10-15-13-6-4-7-14(13)19(22-18(11)15)16-5-2-3-8-17(16)21/h2-6,8-10,13-14,19,22H,7H2,1H3,(H,23,24). The molecule has 0 saturated carbocycles. The number of halogens is 1. The molecule has 2 aliphatic rings. The fourth-order valence-electron chi connectivity index (χ4n) is 4.08. The Labute approximate surface area is 146 Å². The lowest BCUT2D eigenvalue weighted by molar-refractivity contribution is 0.0696. The number of carboxylic acid groups (broad SMARTS) is 1. The number of hydrogen-bond acceptors (Lipinski definition) is 2. The van der Waals surface area contributed by atoms with Crippen LogP contribution in [0.3, 0.4) is 0 Å². The molecule has 3 unspecified atom stereocenters. The van der Waals surface area contributed by atoms with Gasteiger partial charge in [0.1, 0.15) is 0 Å². The van der Waals surface area contributed by atoms with Gasteiger partial charge in [0.25, 0.3) is 0 Å². The Bertz CT molecular complexity index is 859. The van der Waals surface area contributed by atoms with Crippen molar-refractivity contribution in [2.75, 3.05) is 5.32 Å². The maximum absolute atomic E-state index is 11.5. The first-order chi connectivity index (χ1) is 11.6. The van der Waals surface area contributed by atoms with Crippen LogP contribution in [0.15, 0.2) is 48.6 Å². The van der Waals surface area contributed by atoms with Gasteiger partial charge in [-0.15, -0.1) is 0 Å². The van der Waals surface area contributed by atoms with Crippen LogP contribution in [0.5, 0.6) is 0 Å². The summed E-state index contributed by atoms with van der Waals surface area (Å²) >= 11 is 6.44. The molecule has 0 bridgehead atoms. The summed E-state index contributed by atoms with van der Waals surface area (Å²) in [5, 5.41) is 13.8. The fraction of sp³-hybridized carbons (Fsp3) is 0.250. The highest BCUT2D eigenvalue weighted by molar-refractivity contribution is 6.31. The molecule has 0 saturated heterocycles. The van der Waals surface area contributed by atoms with Crippen LogP contribution in [-0.2, 0) is 0 Å². The van der Waals surface area contributed by atoms with Gasteiger partial charge in [-0.05, 0) is 48.1 Å². The summed E-state index contributed by atoms with van der Waals surface area (Å²) in [5.74, 6) is -0.202. The maximum Gasteiger partial charge on any atom is 0.336 e. The normalized spacial score (nSPS) is 24.2. The minimum Gasteiger partial charge on any atom is -0.478 e. The first-order valence-corrected chi connectivity index (χ1v) is 8.50. The van der Waals surface area contributed by atoms with Gasteiger partial charge < -0.3 is 10.4 Å². The van der Waals surface area contributed by atoms with E-state index >= 15 is 0 Å². The number of hydrogen-bond donors (Lipinski definition) is 2. The largest absolute Gasteiger partial charge is 0.478 e. The van der Waals surface area contributed by atoms with E-state index in [0.29, 0.717) is 17.4 Å². The molecule has 2 N–H and O–H groups in total. The van der Waals surface area contributed by atoms with E-state index < -0.39 is 5.97 Å². The van der Waals surface area contributed by atoms with Crippen LogP contribution >= 0.6 is 11.6 Å². The molecule has 4 heteroatoms. The van der Waals surface area contributed by atoms with Crippen LogP contribution < -0.4 is 5.32 Å². The lowest BCUT2D eigenvalue weighted by Gasteiger charge is -2.39. The van der Waals surface area contributed by atoms with Crippen LogP contribution in [0.4, 0.5) is 5.69 Å². The zero-order chi connectivity index (χ0) is 16.8. The lowest BCUT2D eigenvalue weighted by Crippen LogP contribution is -2.30. The Hall–Kier alpha value is -2.26. The summed E-state index contributed by atoms with van der Waals surface area (Å²) in [4.78, 5) is 11.5. The summed E-state index contributed by atoms with van der Waals surface area (Å²) in [5.41, 5.74) is 4.33. The number of rotatable bonds is 2. The van der Waals surface area contributed by atoms with Crippen molar-refractivity contribution in [2.24, 2.45) is 5.92 Å². The third kappa shape index (κ3) is 2.23. The summed E-state index contributed by atoms with van der Waals surface area (Å²) in [6, 6.07) is 11.6. The van der Waals surface area contributed by atoms with Gasteiger partial charge in [-0.1, -0.05) is 48.0 Å². The van der Waals surface area contributed by atoms with Gasteiger partial charge in [-0.3, -0.25) is 0 Å². The van der Waals surface area contributed by atoms with Crippen molar-refractivity contribution in [1.82, 2.24) is 0 Å². The molecule has 122 valence electrons. The third-order valence-corrected chi connectivity index (χ3v) is 5.61. The van der Waals surface area contributed by atoms with E-state index in [4.69, 9.17) is 11.6 Å². The number of benzene rings is 2. The van der Waals surface area contributed by atoms with E-state index in [1.54, 1.807) is 6.07 Å². The van der Waals surface area contributed by atoms with Crippen LogP contribution in [0.1, 0.15) is 45.4 Å². The number of allylic oxidation sites excluding steroid dienone is 2. The zero-order valence-corrected chi connectivity index (χ0v) is 14.0. The summed E-state index contributed by atoms with van der Waals surface area (Å²) in [7, 11) is 0. The third-order valence-electron chi connectivity index (χ3n) is 5.27. The average molecular weight is 340 g/mol. The van der Waals surface area contributed by atoms with Crippen LogP contribution in [-0.4, -0.2) is 11.1 Å². The van der Waals surface area contributed by atoms with Gasteiger partial charge in [-0.25, -0.2) is 4.79 Å². The minimum atomic E-state index is -0.893. The number of nitrogens with one attached hydrogen (secondary N) is 1. The van der Waals surface area contributed by atoms with Gasteiger partial charge in [0, 0.05) is 16.6 Å². The summed E-state index contributed by atoms with van der Waals surface area (Å²) < 4.78 is 0. The first kappa shape index (κ1) is 15.3. The highest BCUT2D eigenvalue weighted by Gasteiger charge is 2.39. The van der Waals surface area contributed by atoms with Crippen LogP contribution in [0, 0.1) is 12.8 Å². The zero-order valence-electron chi connectivity index (χ0n) is 13.3. The average Bonchev–Trinajstić information content (AvgIpc) is 3.05. The van der Waals surface area contributed by atoms with Gasteiger partial charge in [0.05, 0.1) is 11.6 Å². The molecule has 24 heavy (non-hydrogen) atoms. The molecule has 0 spiro atoms. The van der Waals surface area contributed by atoms with E-state index in [1.807, 2.05) is 31.2 Å². The Morgan fingerprint density at radius 1 is 1.21 bits per heavy atom. The van der Waals surface area contributed by atoms with Crippen molar-refractivity contribution in [1.29, 1.82) is 0 Å². The summed E-state index contributed by atoms with van der Waals surface area (Å²) in [6.45, 7) is 1.87. The molecular weight excluding hydrogens is 322 g/mol. The van der Waals surface area contributed by atoms with Crippen LogP contribution in [0.25, 0.3) is 0 Å². The molecule has 0 radical (unpaired) electrons. The van der Waals surface area contributed by atoms with E-state index in [-0.39, 0.29) is 6.04 Å². The number of anilines is 1. The Morgan fingerprint density at radius 3 is 2.75 bits per heavy atom. The molecule has 2 aromatic carbocycles. The maximum atomic E-state index is 11.5. The van der Waals surface area contributed by atoms with Crippen molar-refractivity contribution in [3.63, 3.8) is 0 Å². The van der Waals surface area contributed by atoms with E-state index in [1.165, 1.54) is 5.56 Å². The smallest absolute Gasteiger partial charge is 0.336 e. The summed E-state index contributed by atoms with van der Waals surface area (Å²) in [6.07, 6.45) is 5.46. The first-order valence-electron chi connectivity index (χ1n) is 8.12. The van der Waals surface area contributed by atoms with E-state index in [9.17, 15) is 9.90 Å². The molecule has 1 aliphatic carbocycles. The second kappa shape index (κ2) is 5.67. The molecule has 2 aromatic rings. The van der Waals surface area contributed by atoms with Gasteiger partial charge in [0.2, 0.25) is 0 Å². The lowest BCUT2D eigenvalue weighted by atomic mass is 9.76. The molecule has 0 aromatic heterocycles. The van der Waals surface area contributed by atoms with Crippen molar-refractivity contribution >= 4 is 23.3 Å². The molecule has 1 heterocycles. The minimum absolute atomic E-state index is 0.0777. The number of fused-ring (bicyclic) bond motifs is 3. The monoisotopic (exact) mass is 339 g/mol. The SMILES string of the molecule is Cc1c(C(=O)O)ccc2c1NC(c1ccccc1Cl)C1CC=CC21. The number of carbonyl (C=O) groups is 1.